The minimum Gasteiger partial charge on any atom is -0.248 e. The smallest absolute Gasteiger partial charge is 0.0145 e. The summed E-state index contributed by atoms with van der Waals surface area (Å²) in [6.07, 6.45) is 7.63. The topological polar surface area (TPSA) is 3.24 Å². The second kappa shape index (κ2) is 7.93. The van der Waals surface area contributed by atoms with Crippen molar-refractivity contribution in [1.29, 1.82) is 0 Å². The highest BCUT2D eigenvalue weighted by Crippen LogP contribution is 2.12. The largest absolute Gasteiger partial charge is 0.248 e. The van der Waals surface area contributed by atoms with Crippen LogP contribution in [-0.2, 0) is 0 Å². The van der Waals surface area contributed by atoms with Gasteiger partial charge in [-0.05, 0) is 26.5 Å². The van der Waals surface area contributed by atoms with Crippen LogP contribution in [0, 0.1) is 0 Å². The summed E-state index contributed by atoms with van der Waals surface area (Å²) in [4.78, 5) is 0. The molecule has 0 atom stereocenters. The Kier molecular flexibility index (Phi) is 8.14. The summed E-state index contributed by atoms with van der Waals surface area (Å²) in [7, 11) is 0. The third-order valence-corrected chi connectivity index (χ3v) is 3.12. The summed E-state index contributed by atoms with van der Waals surface area (Å²) in [5.41, 5.74) is 0. The fraction of sp³-hybridized carbons (Fsp3) is 1.00. The molecule has 0 radical (unpaired) electrons. The van der Waals surface area contributed by atoms with E-state index in [1.54, 1.807) is 0 Å². The monoisotopic (exact) mass is 189 g/mol. The van der Waals surface area contributed by atoms with Crippen molar-refractivity contribution in [2.45, 2.75) is 52.5 Å². The molecule has 0 N–H and O–H groups in total. The average molecular weight is 189 g/mol. The number of unbranched alkanes of at least 4 members (excludes halogenated alkanes) is 3. The molecule has 12 heavy (non-hydrogen) atoms. The molecule has 0 aliphatic rings. The minimum atomic E-state index is 0.682. The molecule has 0 aromatic rings. The second-order valence-corrected chi connectivity index (χ2v) is 4.31. The molecule has 0 aromatic heterocycles. The van der Waals surface area contributed by atoms with E-state index in [-0.39, 0.29) is 0 Å². The molecule has 0 aliphatic heterocycles. The molecule has 0 saturated heterocycles. The molecule has 0 rings (SSSR count). The third-order valence-electron chi connectivity index (χ3n) is 2.04. The van der Waals surface area contributed by atoms with E-state index in [2.05, 4.69) is 31.3 Å². The van der Waals surface area contributed by atoms with E-state index in [1.165, 1.54) is 32.2 Å². The fourth-order valence-electron chi connectivity index (χ4n) is 1.25. The average Bonchev–Trinajstić information content (AvgIpc) is 2.04. The number of hydrogen-bond donors (Lipinski definition) is 0. The second-order valence-electron chi connectivity index (χ2n) is 3.48. The van der Waals surface area contributed by atoms with Gasteiger partial charge >= 0.3 is 0 Å². The SMILES string of the molecule is CCCCCCN(SC)C(C)C. The molecule has 0 spiro atoms. The van der Waals surface area contributed by atoms with Gasteiger partial charge in [-0.1, -0.05) is 38.1 Å². The first-order valence-corrected chi connectivity index (χ1v) is 6.21. The van der Waals surface area contributed by atoms with Crippen molar-refractivity contribution in [3.63, 3.8) is 0 Å². The van der Waals surface area contributed by atoms with Crippen LogP contribution < -0.4 is 0 Å². The first-order valence-electron chi connectivity index (χ1n) is 5.03. The molecule has 0 bridgehead atoms. The Bertz CT molecular complexity index is 93.8. The van der Waals surface area contributed by atoms with Gasteiger partial charge in [0.25, 0.3) is 0 Å². The van der Waals surface area contributed by atoms with Crippen LogP contribution in [0.15, 0.2) is 0 Å². The zero-order valence-corrected chi connectivity index (χ0v) is 9.78. The molecular formula is C10H23NS. The summed E-state index contributed by atoms with van der Waals surface area (Å²) >= 11 is 1.87. The van der Waals surface area contributed by atoms with E-state index in [0.29, 0.717) is 6.04 Å². The maximum Gasteiger partial charge on any atom is 0.0145 e. The van der Waals surface area contributed by atoms with Gasteiger partial charge in [-0.2, -0.15) is 0 Å². The Morgan fingerprint density at radius 2 is 1.83 bits per heavy atom. The Balaban J connectivity index is 3.32. The first-order chi connectivity index (χ1) is 5.72. The van der Waals surface area contributed by atoms with Gasteiger partial charge in [0, 0.05) is 12.6 Å². The van der Waals surface area contributed by atoms with Gasteiger partial charge in [-0.3, -0.25) is 0 Å². The number of nitrogens with zero attached hydrogens (tertiary/aromatic N) is 1. The highest BCUT2D eigenvalue weighted by Gasteiger charge is 2.05. The normalized spacial score (nSPS) is 11.5. The number of rotatable bonds is 7. The van der Waals surface area contributed by atoms with Gasteiger partial charge in [-0.15, -0.1) is 0 Å². The van der Waals surface area contributed by atoms with E-state index < -0.39 is 0 Å². The first kappa shape index (κ1) is 12.3. The lowest BCUT2D eigenvalue weighted by Crippen LogP contribution is -2.24. The summed E-state index contributed by atoms with van der Waals surface area (Å²) in [5.74, 6) is 0. The minimum absolute atomic E-state index is 0.682. The number of hydrogen-bond acceptors (Lipinski definition) is 2. The summed E-state index contributed by atoms with van der Waals surface area (Å²) in [6.45, 7) is 8.03. The van der Waals surface area contributed by atoms with Gasteiger partial charge in [0.05, 0.1) is 0 Å². The van der Waals surface area contributed by atoms with E-state index in [9.17, 15) is 0 Å². The quantitative estimate of drug-likeness (QED) is 0.445. The van der Waals surface area contributed by atoms with Crippen LogP contribution in [0.5, 0.6) is 0 Å². The summed E-state index contributed by atoms with van der Waals surface area (Å²) in [6, 6.07) is 0.682. The van der Waals surface area contributed by atoms with Gasteiger partial charge in [0.15, 0.2) is 0 Å². The highest BCUT2D eigenvalue weighted by molar-refractivity contribution is 7.96. The Morgan fingerprint density at radius 3 is 2.25 bits per heavy atom. The van der Waals surface area contributed by atoms with Gasteiger partial charge in [0.1, 0.15) is 0 Å². The molecule has 0 heterocycles. The molecular weight excluding hydrogens is 166 g/mol. The van der Waals surface area contributed by atoms with E-state index >= 15 is 0 Å². The summed E-state index contributed by atoms with van der Waals surface area (Å²) in [5, 5.41) is 0. The highest BCUT2D eigenvalue weighted by atomic mass is 32.2. The van der Waals surface area contributed by atoms with E-state index in [1.807, 2.05) is 11.9 Å². The maximum absolute atomic E-state index is 2.45. The zero-order valence-electron chi connectivity index (χ0n) is 8.97. The van der Waals surface area contributed by atoms with Crippen LogP contribution in [0.2, 0.25) is 0 Å². The summed E-state index contributed by atoms with van der Waals surface area (Å²) < 4.78 is 2.45. The molecule has 0 saturated carbocycles. The maximum atomic E-state index is 2.45. The predicted octanol–water partition coefficient (Wildman–Crippen LogP) is 3.56. The van der Waals surface area contributed by atoms with Crippen molar-refractivity contribution in [2.75, 3.05) is 12.8 Å². The third kappa shape index (κ3) is 5.90. The lowest BCUT2D eigenvalue weighted by Gasteiger charge is -2.22. The molecule has 0 aromatic carbocycles. The predicted molar refractivity (Wildman–Crippen MR) is 59.5 cm³/mol. The van der Waals surface area contributed by atoms with Gasteiger partial charge in [0.2, 0.25) is 0 Å². The molecule has 0 fully saturated rings. The van der Waals surface area contributed by atoms with E-state index in [4.69, 9.17) is 0 Å². The van der Waals surface area contributed by atoms with Crippen molar-refractivity contribution >= 4 is 11.9 Å². The molecule has 0 amide bonds. The lowest BCUT2D eigenvalue weighted by atomic mass is 10.2. The van der Waals surface area contributed by atoms with Crippen LogP contribution in [0.3, 0.4) is 0 Å². The van der Waals surface area contributed by atoms with Crippen LogP contribution in [0.1, 0.15) is 46.5 Å². The molecule has 1 nitrogen and oxygen atoms in total. The van der Waals surface area contributed by atoms with Crippen LogP contribution >= 0.6 is 11.9 Å². The molecule has 0 aliphatic carbocycles. The van der Waals surface area contributed by atoms with Crippen LogP contribution in [0.25, 0.3) is 0 Å². The van der Waals surface area contributed by atoms with Crippen molar-refractivity contribution in [3.8, 4) is 0 Å². The van der Waals surface area contributed by atoms with Crippen molar-refractivity contribution in [1.82, 2.24) is 4.31 Å². The van der Waals surface area contributed by atoms with Crippen molar-refractivity contribution in [2.24, 2.45) is 0 Å². The van der Waals surface area contributed by atoms with Crippen molar-refractivity contribution in [3.05, 3.63) is 0 Å². The Hall–Kier alpha value is 0.310. The van der Waals surface area contributed by atoms with E-state index in [0.717, 1.165) is 0 Å². The fourth-order valence-corrected chi connectivity index (χ4v) is 1.99. The standard InChI is InChI=1S/C10H23NS/c1-5-6-7-8-9-11(12-4)10(2)3/h10H,5-9H2,1-4H3. The lowest BCUT2D eigenvalue weighted by molar-refractivity contribution is 0.384. The van der Waals surface area contributed by atoms with Crippen LogP contribution in [0.4, 0.5) is 0 Å². The Labute approximate surface area is 82.0 Å². The van der Waals surface area contributed by atoms with Crippen LogP contribution in [-0.4, -0.2) is 23.1 Å². The van der Waals surface area contributed by atoms with Gasteiger partial charge in [-0.25, -0.2) is 4.31 Å². The molecule has 0 unspecified atom stereocenters. The molecule has 74 valence electrons. The van der Waals surface area contributed by atoms with Crippen molar-refractivity contribution < 1.29 is 0 Å². The molecule has 2 heteroatoms. The Morgan fingerprint density at radius 1 is 1.17 bits per heavy atom. The zero-order chi connectivity index (χ0) is 9.40. The van der Waals surface area contributed by atoms with Gasteiger partial charge < -0.3 is 0 Å².